The quantitative estimate of drug-likeness (QED) is 0.664. The predicted octanol–water partition coefficient (Wildman–Crippen LogP) is 2.94. The van der Waals surface area contributed by atoms with Crippen molar-refractivity contribution in [2.24, 2.45) is 0 Å². The summed E-state index contributed by atoms with van der Waals surface area (Å²) in [7, 11) is 0. The van der Waals surface area contributed by atoms with Gasteiger partial charge in [-0.3, -0.25) is 4.79 Å². The fraction of sp³-hybridized carbons (Fsp3) is 0.300. The van der Waals surface area contributed by atoms with E-state index in [0.29, 0.717) is 36.8 Å². The molecule has 140 valence electrons. The number of rotatable bonds is 8. The number of hydrogen-bond acceptors (Lipinski definition) is 5. The summed E-state index contributed by atoms with van der Waals surface area (Å²) in [6.07, 6.45) is 6.53. The molecule has 0 saturated carbocycles. The van der Waals surface area contributed by atoms with E-state index in [4.69, 9.17) is 4.74 Å². The van der Waals surface area contributed by atoms with Crippen molar-refractivity contribution in [3.05, 3.63) is 65.7 Å². The molecule has 0 aliphatic heterocycles. The van der Waals surface area contributed by atoms with E-state index in [1.165, 1.54) is 0 Å². The Kier molecular flexibility index (Phi) is 6.14. The van der Waals surface area contributed by atoms with Gasteiger partial charge in [0.15, 0.2) is 5.82 Å². The maximum atomic E-state index is 12.7. The third-order valence-electron chi connectivity index (χ3n) is 4.05. The van der Waals surface area contributed by atoms with Crippen molar-refractivity contribution in [1.82, 2.24) is 25.1 Å². The van der Waals surface area contributed by atoms with Gasteiger partial charge in [-0.1, -0.05) is 26.0 Å². The number of amides is 1. The van der Waals surface area contributed by atoms with E-state index in [2.05, 4.69) is 20.4 Å². The van der Waals surface area contributed by atoms with Crippen LogP contribution in [0.3, 0.4) is 0 Å². The van der Waals surface area contributed by atoms with E-state index >= 15 is 0 Å². The standard InChI is InChI=1S/C20H23N5O2/c1-3-12-27-20-15(8-7-11-22-20)13-23-19(26)16-14-24-25(17(16)4-2)18-9-5-6-10-21-18/h5-11,14H,3-4,12-13H2,1-2H3,(H,23,26). The number of carbonyl (C=O) groups excluding carboxylic acids is 1. The van der Waals surface area contributed by atoms with Crippen molar-refractivity contribution in [1.29, 1.82) is 0 Å². The summed E-state index contributed by atoms with van der Waals surface area (Å²) in [5.74, 6) is 1.06. The molecule has 0 radical (unpaired) electrons. The van der Waals surface area contributed by atoms with E-state index in [9.17, 15) is 4.79 Å². The highest BCUT2D eigenvalue weighted by Gasteiger charge is 2.18. The summed E-state index contributed by atoms with van der Waals surface area (Å²) in [5.41, 5.74) is 2.21. The van der Waals surface area contributed by atoms with Crippen molar-refractivity contribution in [3.63, 3.8) is 0 Å². The predicted molar refractivity (Wildman–Crippen MR) is 102 cm³/mol. The number of nitrogens with zero attached hydrogens (tertiary/aromatic N) is 4. The van der Waals surface area contributed by atoms with Crippen LogP contribution < -0.4 is 10.1 Å². The Morgan fingerprint density at radius 2 is 2.00 bits per heavy atom. The van der Waals surface area contributed by atoms with E-state index in [-0.39, 0.29) is 5.91 Å². The first kappa shape index (κ1) is 18.6. The lowest BCUT2D eigenvalue weighted by Gasteiger charge is -2.11. The molecule has 1 N–H and O–H groups in total. The molecule has 3 aromatic heterocycles. The second-order valence-electron chi connectivity index (χ2n) is 5.96. The molecule has 3 heterocycles. The van der Waals surface area contributed by atoms with Crippen LogP contribution in [0.5, 0.6) is 5.88 Å². The second-order valence-corrected chi connectivity index (χ2v) is 5.96. The normalized spacial score (nSPS) is 10.6. The van der Waals surface area contributed by atoms with E-state index in [1.807, 2.05) is 44.2 Å². The van der Waals surface area contributed by atoms with Gasteiger partial charge in [0.1, 0.15) is 0 Å². The molecular weight excluding hydrogens is 342 g/mol. The molecular formula is C20H23N5O2. The van der Waals surface area contributed by atoms with Gasteiger partial charge in [-0.05, 0) is 31.0 Å². The van der Waals surface area contributed by atoms with Gasteiger partial charge in [-0.15, -0.1) is 0 Å². The number of ether oxygens (including phenoxy) is 1. The van der Waals surface area contributed by atoms with Gasteiger partial charge in [-0.25, -0.2) is 14.6 Å². The minimum absolute atomic E-state index is 0.181. The van der Waals surface area contributed by atoms with Crippen LogP contribution in [0.4, 0.5) is 0 Å². The van der Waals surface area contributed by atoms with Crippen LogP contribution in [0.2, 0.25) is 0 Å². The average Bonchev–Trinajstić information content (AvgIpc) is 3.16. The SMILES string of the molecule is CCCOc1ncccc1CNC(=O)c1cnn(-c2ccccn2)c1CC. The smallest absolute Gasteiger partial charge is 0.255 e. The lowest BCUT2D eigenvalue weighted by Crippen LogP contribution is -2.24. The third kappa shape index (κ3) is 4.31. The lowest BCUT2D eigenvalue weighted by atomic mass is 10.2. The maximum Gasteiger partial charge on any atom is 0.255 e. The van der Waals surface area contributed by atoms with Gasteiger partial charge in [0, 0.05) is 24.5 Å². The van der Waals surface area contributed by atoms with Crippen LogP contribution in [-0.2, 0) is 13.0 Å². The molecule has 7 nitrogen and oxygen atoms in total. The van der Waals surface area contributed by atoms with Crippen LogP contribution in [0.1, 0.15) is 41.9 Å². The molecule has 3 rings (SSSR count). The van der Waals surface area contributed by atoms with Crippen LogP contribution >= 0.6 is 0 Å². The van der Waals surface area contributed by atoms with Crippen molar-refractivity contribution in [3.8, 4) is 11.7 Å². The molecule has 0 aliphatic rings. The van der Waals surface area contributed by atoms with E-state index < -0.39 is 0 Å². The van der Waals surface area contributed by atoms with Gasteiger partial charge in [0.2, 0.25) is 5.88 Å². The highest BCUT2D eigenvalue weighted by atomic mass is 16.5. The van der Waals surface area contributed by atoms with Crippen molar-refractivity contribution >= 4 is 5.91 Å². The van der Waals surface area contributed by atoms with E-state index in [1.54, 1.807) is 23.3 Å². The molecule has 0 bridgehead atoms. The number of pyridine rings is 2. The summed E-state index contributed by atoms with van der Waals surface area (Å²) in [6, 6.07) is 9.33. The van der Waals surface area contributed by atoms with Crippen LogP contribution in [-0.4, -0.2) is 32.3 Å². The number of carbonyl (C=O) groups is 1. The first-order valence-electron chi connectivity index (χ1n) is 9.07. The Hall–Kier alpha value is -3.22. The minimum atomic E-state index is -0.181. The summed E-state index contributed by atoms with van der Waals surface area (Å²) < 4.78 is 7.35. The molecule has 27 heavy (non-hydrogen) atoms. The van der Waals surface area contributed by atoms with Crippen LogP contribution in [0, 0.1) is 0 Å². The molecule has 0 saturated heterocycles. The third-order valence-corrected chi connectivity index (χ3v) is 4.05. The Bertz CT molecular complexity index is 892. The van der Waals surface area contributed by atoms with Gasteiger partial charge in [0.05, 0.1) is 24.1 Å². The van der Waals surface area contributed by atoms with Gasteiger partial charge < -0.3 is 10.1 Å². The summed E-state index contributed by atoms with van der Waals surface area (Å²) in [5, 5.41) is 7.29. The fourth-order valence-electron chi connectivity index (χ4n) is 2.74. The summed E-state index contributed by atoms with van der Waals surface area (Å²) >= 11 is 0. The molecule has 1 amide bonds. The van der Waals surface area contributed by atoms with Crippen LogP contribution in [0.25, 0.3) is 5.82 Å². The zero-order valence-corrected chi connectivity index (χ0v) is 15.6. The van der Waals surface area contributed by atoms with E-state index in [0.717, 1.165) is 17.7 Å². The molecule has 0 spiro atoms. The first-order valence-corrected chi connectivity index (χ1v) is 9.07. The molecule has 7 heteroatoms. The zero-order valence-electron chi connectivity index (χ0n) is 15.6. The molecule has 0 unspecified atom stereocenters. The number of aromatic nitrogens is 4. The average molecular weight is 365 g/mol. The Balaban J connectivity index is 1.75. The largest absolute Gasteiger partial charge is 0.477 e. The van der Waals surface area contributed by atoms with Crippen molar-refractivity contribution in [2.75, 3.05) is 6.61 Å². The van der Waals surface area contributed by atoms with Gasteiger partial charge in [-0.2, -0.15) is 5.10 Å². The van der Waals surface area contributed by atoms with Gasteiger partial charge >= 0.3 is 0 Å². The molecule has 0 aromatic carbocycles. The zero-order chi connectivity index (χ0) is 19.1. The Morgan fingerprint density at radius 1 is 1.15 bits per heavy atom. The fourth-order valence-corrected chi connectivity index (χ4v) is 2.74. The molecule has 0 aliphatic carbocycles. The van der Waals surface area contributed by atoms with Crippen molar-refractivity contribution < 1.29 is 9.53 Å². The maximum absolute atomic E-state index is 12.7. The molecule has 3 aromatic rings. The monoisotopic (exact) mass is 365 g/mol. The lowest BCUT2D eigenvalue weighted by molar-refractivity contribution is 0.0949. The minimum Gasteiger partial charge on any atom is -0.477 e. The highest BCUT2D eigenvalue weighted by molar-refractivity contribution is 5.95. The number of nitrogens with one attached hydrogen (secondary N) is 1. The summed E-state index contributed by atoms with van der Waals surface area (Å²) in [4.78, 5) is 21.3. The first-order chi connectivity index (χ1) is 13.2. The second kappa shape index (κ2) is 8.93. The Labute approximate surface area is 158 Å². The molecule has 0 atom stereocenters. The highest BCUT2D eigenvalue weighted by Crippen LogP contribution is 2.17. The molecule has 0 fully saturated rings. The summed E-state index contributed by atoms with van der Waals surface area (Å²) in [6.45, 7) is 4.96. The van der Waals surface area contributed by atoms with Crippen LogP contribution in [0.15, 0.2) is 48.9 Å². The van der Waals surface area contributed by atoms with Crippen molar-refractivity contribution in [2.45, 2.75) is 33.2 Å². The topological polar surface area (TPSA) is 81.9 Å². The number of hydrogen-bond donors (Lipinski definition) is 1. The Morgan fingerprint density at radius 3 is 2.74 bits per heavy atom. The van der Waals surface area contributed by atoms with Gasteiger partial charge in [0.25, 0.3) is 5.91 Å².